The molecule has 7 nitrogen and oxygen atoms in total. The van der Waals surface area contributed by atoms with Crippen molar-refractivity contribution in [3.05, 3.63) is 0 Å². The van der Waals surface area contributed by atoms with Crippen molar-refractivity contribution in [3.63, 3.8) is 0 Å². The average molecular weight is 207 g/mol. The molecule has 1 saturated heterocycles. The third-order valence-electron chi connectivity index (χ3n) is 1.30. The van der Waals surface area contributed by atoms with E-state index in [1.54, 1.807) is 0 Å². The van der Waals surface area contributed by atoms with Crippen LogP contribution in [0.1, 0.15) is 0 Å². The molecule has 0 radical (unpaired) electrons. The summed E-state index contributed by atoms with van der Waals surface area (Å²) in [5, 5.41) is 26.7. The van der Waals surface area contributed by atoms with Crippen molar-refractivity contribution in [1.29, 1.82) is 0 Å². The van der Waals surface area contributed by atoms with Gasteiger partial charge in [-0.25, -0.2) is 9.59 Å². The Morgan fingerprint density at radius 1 is 1.29 bits per heavy atom. The van der Waals surface area contributed by atoms with Crippen LogP contribution in [0.2, 0.25) is 0 Å². The van der Waals surface area contributed by atoms with E-state index in [0.717, 1.165) is 13.2 Å². The molecule has 1 atom stereocenters. The molecule has 1 heterocycles. The number of aliphatic hydroxyl groups is 1. The minimum absolute atomic E-state index is 0.308. The molecule has 4 N–H and O–H groups in total. The van der Waals surface area contributed by atoms with Gasteiger partial charge in [-0.3, -0.25) is 0 Å². The van der Waals surface area contributed by atoms with E-state index in [0.29, 0.717) is 13.2 Å². The molecule has 0 aromatic rings. The summed E-state index contributed by atoms with van der Waals surface area (Å²) in [4.78, 5) is 18.2. The molecule has 1 aliphatic heterocycles. The predicted molar refractivity (Wildman–Crippen MR) is 45.0 cm³/mol. The normalized spacial score (nSPS) is 21.4. The molecular formula is C7H13NO6. The van der Waals surface area contributed by atoms with E-state index in [9.17, 15) is 0 Å². The van der Waals surface area contributed by atoms with Gasteiger partial charge in [0.15, 0.2) is 0 Å². The Morgan fingerprint density at radius 2 is 1.86 bits per heavy atom. The number of ether oxygens (including phenoxy) is 1. The summed E-state index contributed by atoms with van der Waals surface area (Å²) in [6.45, 7) is 2.72. The summed E-state index contributed by atoms with van der Waals surface area (Å²) in [6.07, 6.45) is -0.308. The number of carbonyl (C=O) groups is 2. The van der Waals surface area contributed by atoms with Gasteiger partial charge >= 0.3 is 11.9 Å². The Balaban J connectivity index is 0.000000255. The Bertz CT molecular complexity index is 175. The van der Waals surface area contributed by atoms with Crippen molar-refractivity contribution in [2.75, 3.05) is 26.3 Å². The summed E-state index contributed by atoms with van der Waals surface area (Å²) in [5.74, 6) is -3.65. The number of hydrogen-bond donors (Lipinski definition) is 4. The van der Waals surface area contributed by atoms with Crippen LogP contribution in [0.5, 0.6) is 0 Å². The van der Waals surface area contributed by atoms with Crippen molar-refractivity contribution in [3.8, 4) is 0 Å². The molecule has 0 aromatic carbocycles. The highest BCUT2D eigenvalue weighted by Gasteiger charge is 2.06. The molecule has 0 saturated carbocycles. The molecule has 1 rings (SSSR count). The van der Waals surface area contributed by atoms with E-state index < -0.39 is 11.9 Å². The number of carboxylic acids is 2. The van der Waals surface area contributed by atoms with Crippen LogP contribution in [-0.4, -0.2) is 59.7 Å². The zero-order valence-corrected chi connectivity index (χ0v) is 7.47. The molecule has 0 spiro atoms. The van der Waals surface area contributed by atoms with Crippen molar-refractivity contribution < 1.29 is 29.6 Å². The van der Waals surface area contributed by atoms with Crippen LogP contribution in [0.25, 0.3) is 0 Å². The zero-order valence-electron chi connectivity index (χ0n) is 7.47. The molecule has 82 valence electrons. The standard InChI is InChI=1S/C5H11NO2.C2H2O4/c7-5-3-6-1-2-8-4-5;3-1(4)2(5)6/h5-7H,1-4H2;(H,3,4)(H,5,6)/t5-;/m0./s1. The Labute approximate surface area is 80.3 Å². The molecule has 0 aromatic heterocycles. The van der Waals surface area contributed by atoms with Gasteiger partial charge in [0.05, 0.1) is 19.3 Å². The average Bonchev–Trinajstić information content (AvgIpc) is 2.33. The van der Waals surface area contributed by atoms with Crippen LogP contribution >= 0.6 is 0 Å². The number of nitrogens with one attached hydrogen (secondary N) is 1. The third-order valence-corrected chi connectivity index (χ3v) is 1.30. The molecule has 1 fully saturated rings. The van der Waals surface area contributed by atoms with E-state index in [-0.39, 0.29) is 6.10 Å². The van der Waals surface area contributed by atoms with Crippen LogP contribution in [0.3, 0.4) is 0 Å². The molecule has 0 unspecified atom stereocenters. The Morgan fingerprint density at radius 3 is 2.36 bits per heavy atom. The van der Waals surface area contributed by atoms with Crippen molar-refractivity contribution in [2.24, 2.45) is 0 Å². The van der Waals surface area contributed by atoms with Crippen molar-refractivity contribution in [2.45, 2.75) is 6.10 Å². The number of aliphatic carboxylic acids is 2. The van der Waals surface area contributed by atoms with Crippen LogP contribution in [0.4, 0.5) is 0 Å². The number of aliphatic hydroxyl groups excluding tert-OH is 1. The summed E-state index contributed by atoms with van der Waals surface area (Å²) >= 11 is 0. The fraction of sp³-hybridized carbons (Fsp3) is 0.714. The van der Waals surface area contributed by atoms with E-state index in [1.807, 2.05) is 0 Å². The molecule has 0 amide bonds. The first-order chi connectivity index (χ1) is 6.54. The van der Waals surface area contributed by atoms with Crippen LogP contribution in [-0.2, 0) is 14.3 Å². The maximum atomic E-state index is 9.10. The summed E-state index contributed by atoms with van der Waals surface area (Å²) in [5.41, 5.74) is 0. The molecule has 1 aliphatic rings. The fourth-order valence-electron chi connectivity index (χ4n) is 0.691. The van der Waals surface area contributed by atoms with Crippen molar-refractivity contribution in [1.82, 2.24) is 5.32 Å². The monoisotopic (exact) mass is 207 g/mol. The van der Waals surface area contributed by atoms with Gasteiger partial charge in [0.25, 0.3) is 0 Å². The van der Waals surface area contributed by atoms with E-state index in [1.165, 1.54) is 0 Å². The lowest BCUT2D eigenvalue weighted by atomic mass is 10.4. The smallest absolute Gasteiger partial charge is 0.414 e. The van der Waals surface area contributed by atoms with E-state index in [4.69, 9.17) is 29.6 Å². The lowest BCUT2D eigenvalue weighted by molar-refractivity contribution is -0.159. The van der Waals surface area contributed by atoms with Gasteiger partial charge in [-0.1, -0.05) is 0 Å². The number of rotatable bonds is 0. The second-order valence-corrected chi connectivity index (χ2v) is 2.54. The van der Waals surface area contributed by atoms with Gasteiger partial charge in [0.1, 0.15) is 0 Å². The molecule has 0 bridgehead atoms. The fourth-order valence-corrected chi connectivity index (χ4v) is 0.691. The highest BCUT2D eigenvalue weighted by atomic mass is 16.5. The van der Waals surface area contributed by atoms with Crippen LogP contribution in [0.15, 0.2) is 0 Å². The number of carboxylic acid groups (broad SMARTS) is 2. The Kier molecular flexibility index (Phi) is 6.63. The van der Waals surface area contributed by atoms with Gasteiger partial charge in [-0.2, -0.15) is 0 Å². The summed E-state index contributed by atoms with van der Waals surface area (Å²) in [6, 6.07) is 0. The first-order valence-electron chi connectivity index (χ1n) is 3.96. The highest BCUT2D eigenvalue weighted by Crippen LogP contribution is 1.86. The lowest BCUT2D eigenvalue weighted by Crippen LogP contribution is -2.26. The van der Waals surface area contributed by atoms with Gasteiger partial charge in [0.2, 0.25) is 0 Å². The molecule has 7 heteroatoms. The minimum atomic E-state index is -1.82. The van der Waals surface area contributed by atoms with Gasteiger partial charge < -0.3 is 25.4 Å². The van der Waals surface area contributed by atoms with Gasteiger partial charge in [-0.15, -0.1) is 0 Å². The van der Waals surface area contributed by atoms with Crippen LogP contribution in [0, 0.1) is 0 Å². The van der Waals surface area contributed by atoms with E-state index >= 15 is 0 Å². The Hall–Kier alpha value is -1.18. The van der Waals surface area contributed by atoms with Crippen molar-refractivity contribution >= 4 is 11.9 Å². The second kappa shape index (κ2) is 7.25. The number of hydrogen-bond acceptors (Lipinski definition) is 5. The summed E-state index contributed by atoms with van der Waals surface area (Å²) in [7, 11) is 0. The predicted octanol–water partition coefficient (Wildman–Crippen LogP) is -1.88. The quantitative estimate of drug-likeness (QED) is 0.343. The third kappa shape index (κ3) is 7.47. The van der Waals surface area contributed by atoms with Crippen LogP contribution < -0.4 is 5.32 Å². The second-order valence-electron chi connectivity index (χ2n) is 2.54. The highest BCUT2D eigenvalue weighted by molar-refractivity contribution is 6.27. The van der Waals surface area contributed by atoms with Gasteiger partial charge in [0, 0.05) is 13.1 Å². The summed E-state index contributed by atoms with van der Waals surface area (Å²) < 4.78 is 4.99. The van der Waals surface area contributed by atoms with E-state index in [2.05, 4.69) is 5.32 Å². The topological polar surface area (TPSA) is 116 Å². The minimum Gasteiger partial charge on any atom is -0.473 e. The maximum Gasteiger partial charge on any atom is 0.414 e. The van der Waals surface area contributed by atoms with Gasteiger partial charge in [-0.05, 0) is 0 Å². The maximum absolute atomic E-state index is 9.10. The zero-order chi connectivity index (χ0) is 11.0. The first-order valence-corrected chi connectivity index (χ1v) is 3.96. The molecule has 0 aliphatic carbocycles. The molecule has 14 heavy (non-hydrogen) atoms. The lowest BCUT2D eigenvalue weighted by Gasteiger charge is -2.02. The largest absolute Gasteiger partial charge is 0.473 e. The molecular weight excluding hydrogens is 194 g/mol. The first kappa shape index (κ1) is 12.8. The SMILES string of the molecule is O=C(O)C(=O)O.O[C@H]1CNCCOC1. The number of β-amino-alcohol motifs (C(OH)–C–C–N with tert-alkyl or cyclic N) is 1.